The molecule has 4 aromatic carbocycles. The minimum absolute atomic E-state index is 0.0491. The lowest BCUT2D eigenvalue weighted by atomic mass is 10.00. The van der Waals surface area contributed by atoms with Crippen LogP contribution in [-0.4, -0.2) is 271 Å². The Morgan fingerprint density at radius 2 is 0.698 bits per heavy atom. The van der Waals surface area contributed by atoms with Crippen molar-refractivity contribution in [3.05, 3.63) is 183 Å². The van der Waals surface area contributed by atoms with Crippen molar-refractivity contribution in [3.8, 4) is 68.0 Å². The van der Waals surface area contributed by atoms with Gasteiger partial charge in [0.15, 0.2) is 0 Å². The lowest BCUT2D eigenvalue weighted by Gasteiger charge is -2.17. The maximum Gasteiger partial charge on any atom is 0.328 e. The topological polar surface area (TPSA) is 343 Å². The minimum atomic E-state index is -0.354. The first-order valence-electron chi connectivity index (χ1n) is 42.2. The average molecular weight is 1860 g/mol. The number of Topliss-reactive ketones (excluding diaryl/α,β-unsaturated/α-hetero) is 1. The van der Waals surface area contributed by atoms with Crippen LogP contribution in [-0.2, 0) is 62.0 Å². The summed E-state index contributed by atoms with van der Waals surface area (Å²) in [7, 11) is 17.7. The molecule has 0 radical (unpaired) electrons. The van der Waals surface area contributed by atoms with Gasteiger partial charge in [0.05, 0.1) is 122 Å². The van der Waals surface area contributed by atoms with Crippen molar-refractivity contribution < 1.29 is 80.9 Å². The Kier molecular flexibility index (Phi) is 37.9. The van der Waals surface area contributed by atoms with Crippen LogP contribution in [0.25, 0.3) is 50.6 Å². The van der Waals surface area contributed by atoms with Crippen LogP contribution < -0.4 is 24.3 Å². The number of ketones is 1. The van der Waals surface area contributed by atoms with Gasteiger partial charge >= 0.3 is 35.8 Å². The second-order valence-corrected chi connectivity index (χ2v) is 34.5. The Bertz CT molecular complexity index is 5120. The summed E-state index contributed by atoms with van der Waals surface area (Å²) in [6.07, 6.45) is 13.9. The number of hydrogen-bond acceptors (Lipinski definition) is 31. The number of methoxy groups -OCH3 is 6. The van der Waals surface area contributed by atoms with E-state index < -0.39 is 0 Å². The Balaban J connectivity index is 0.000000180. The number of hydrogen-bond donors (Lipinski definition) is 1. The largest absolute Gasteiger partial charge is 0.489 e. The molecule has 10 heterocycles. The molecule has 4 aromatic heterocycles. The molecule has 9 atom stereocenters. The molecule has 35 heteroatoms. The van der Waals surface area contributed by atoms with Crippen molar-refractivity contribution in [1.82, 2.24) is 69.7 Å². The number of rotatable bonds is 22. The van der Waals surface area contributed by atoms with E-state index in [0.717, 1.165) is 92.9 Å². The molecule has 31 nitrogen and oxygen atoms in total. The fourth-order valence-corrected chi connectivity index (χ4v) is 16.3. The molecule has 692 valence electrons. The summed E-state index contributed by atoms with van der Waals surface area (Å²) in [6, 6.07) is 28.7. The van der Waals surface area contributed by atoms with Crippen LogP contribution in [0, 0.1) is 0 Å². The second kappa shape index (κ2) is 48.0. The van der Waals surface area contributed by atoms with Crippen LogP contribution in [0.15, 0.2) is 140 Å². The lowest BCUT2D eigenvalue weighted by molar-refractivity contribution is -0.146. The molecule has 14 rings (SSSR count). The van der Waals surface area contributed by atoms with Gasteiger partial charge in [-0.2, -0.15) is 0 Å². The first-order chi connectivity index (χ1) is 61.4. The molecule has 4 fully saturated rings. The molecule has 1 N–H and O–H groups in total. The van der Waals surface area contributed by atoms with Gasteiger partial charge in [-0.25, -0.2) is 49.5 Å². The number of esters is 6. The van der Waals surface area contributed by atoms with Crippen molar-refractivity contribution in [2.45, 2.75) is 179 Å². The fourth-order valence-electron chi connectivity index (χ4n) is 15.4. The molecule has 4 saturated heterocycles. The van der Waals surface area contributed by atoms with Crippen LogP contribution >= 0.6 is 46.4 Å². The van der Waals surface area contributed by atoms with Gasteiger partial charge in [0.25, 0.3) is 0 Å². The zero-order chi connectivity index (χ0) is 94.2. The lowest BCUT2D eigenvalue weighted by Crippen LogP contribution is -2.33. The third kappa shape index (κ3) is 28.2. The van der Waals surface area contributed by atoms with Gasteiger partial charge in [-0.05, 0) is 212 Å². The first-order valence-corrected chi connectivity index (χ1v) is 43.7. The van der Waals surface area contributed by atoms with Gasteiger partial charge in [-0.15, -0.1) is 0 Å². The number of likely N-dealkylation sites (N-methyl/N-ethyl adjacent to an activating group) is 5. The zero-order valence-electron chi connectivity index (χ0n) is 76.5. The van der Waals surface area contributed by atoms with Crippen LogP contribution in [0.1, 0.15) is 141 Å². The van der Waals surface area contributed by atoms with E-state index in [1.807, 2.05) is 220 Å². The Labute approximate surface area is 774 Å². The standard InChI is InChI=1S/2C20H24ClN3O3.C20H22ClN3O3.C19H22ClN3O3.C8H13NO2.C7H11NO3/c3*1-12(2)27-19-6-5-13(7-15(19)21)16-9-17(23-11-22-16)14-8-18(20(25)26-4)24(3)10-14;1-11(2)26-18-5-4-12(6-14(18)20)15-8-16(23-10-22-15)13-7-17(21-9-13)19(24)25-3;1-6-4-7(8(10)11-3)9(2)5-6;1-8-4-5(9)3-6(8)7(10)11-2/h2*5-7,9,11-12,14,18H,8,10H2,1-4H3;5-7,9-12,18H,8H2,1-4H3;4-6,8,10-11,13,17,21H,7,9H2,1-3H3;5,7H,4H2,1-3H3;6H,3-4H2,1-2H3/t;;;;7-;6-/m....00/s1. The molecule has 7 unspecified atom stereocenters. The molecule has 6 aliphatic rings. The van der Waals surface area contributed by atoms with E-state index in [1.165, 1.54) is 54.6 Å². The molecule has 129 heavy (non-hydrogen) atoms. The van der Waals surface area contributed by atoms with E-state index in [2.05, 4.69) is 54.7 Å². The van der Waals surface area contributed by atoms with Gasteiger partial charge in [-0.1, -0.05) is 52.0 Å². The maximum atomic E-state index is 11.9. The second-order valence-electron chi connectivity index (χ2n) is 32.9. The Hall–Kier alpha value is -11.0. The number of likely N-dealkylation sites (tertiary alicyclic amines) is 3. The SMILES string of the molecule is COC(=O)C1CC(c2cc(-c3ccc(OC(C)C)c(Cl)c3)ncn2)=CN1C.COC(=O)C1CC(c2cc(-c3ccc(OC(C)C)c(Cl)c3)ncn2)CN1.COC(=O)C1CC(c2cc(-c3ccc(OC(C)C)c(Cl)c3)ncn2)CN1C.COC(=O)C1CC(c2cc(-c3ccc(OC(C)C)c(Cl)c3)ncn2)CN1C.COC(=O)[C@@H]1CC(=O)CN1C.COC(=O)[C@@H]1CC(C)=CN1C. The zero-order valence-corrected chi connectivity index (χ0v) is 79.6. The van der Waals surface area contributed by atoms with Crippen molar-refractivity contribution in [2.24, 2.45) is 0 Å². The van der Waals surface area contributed by atoms with Crippen LogP contribution in [0.5, 0.6) is 23.0 Å². The van der Waals surface area contributed by atoms with E-state index in [4.69, 9.17) is 84.3 Å². The van der Waals surface area contributed by atoms with E-state index in [9.17, 15) is 33.6 Å². The van der Waals surface area contributed by atoms with Crippen LogP contribution in [0.2, 0.25) is 20.1 Å². The average Bonchev–Trinajstić information content (AvgIpc) is 1.72. The number of benzene rings is 4. The van der Waals surface area contributed by atoms with Gasteiger partial charge in [0.2, 0.25) is 0 Å². The summed E-state index contributed by atoms with van der Waals surface area (Å²) in [5, 5.41) is 5.36. The molecule has 0 amide bonds. The van der Waals surface area contributed by atoms with Gasteiger partial charge in [-0.3, -0.25) is 38.7 Å². The molecule has 0 saturated carbocycles. The van der Waals surface area contributed by atoms with Gasteiger partial charge < -0.3 is 62.5 Å². The Morgan fingerprint density at radius 1 is 0.372 bits per heavy atom. The number of aromatic nitrogens is 8. The highest BCUT2D eigenvalue weighted by Gasteiger charge is 2.40. The number of carbonyl (C=O) groups is 7. The first kappa shape index (κ1) is 102. The third-order valence-corrected chi connectivity index (χ3v) is 23.0. The van der Waals surface area contributed by atoms with Gasteiger partial charge in [0.1, 0.15) is 90.3 Å². The summed E-state index contributed by atoms with van der Waals surface area (Å²) in [6.45, 7) is 20.2. The number of nitrogens with zero attached hydrogens (tertiary/aromatic N) is 13. The van der Waals surface area contributed by atoms with Crippen LogP contribution in [0.3, 0.4) is 0 Å². The fraction of sp³-hybridized carbons (Fsp3) is 0.457. The van der Waals surface area contributed by atoms with E-state index in [1.54, 1.807) is 30.9 Å². The smallest absolute Gasteiger partial charge is 0.328 e. The number of halogens is 4. The highest BCUT2D eigenvalue weighted by molar-refractivity contribution is 6.33. The highest BCUT2D eigenvalue weighted by atomic mass is 35.5. The van der Waals surface area contributed by atoms with E-state index in [-0.39, 0.29) is 120 Å². The van der Waals surface area contributed by atoms with Crippen molar-refractivity contribution in [1.29, 1.82) is 0 Å². The normalized spacial score (nSPS) is 20.0. The predicted octanol–water partition coefficient (Wildman–Crippen LogP) is 14.3. The quantitative estimate of drug-likeness (QED) is 0.0486. The molecule has 0 spiro atoms. The summed E-state index contributed by atoms with van der Waals surface area (Å²) < 4.78 is 51.3. The minimum Gasteiger partial charge on any atom is -0.489 e. The van der Waals surface area contributed by atoms with Gasteiger partial charge in [0, 0.05) is 116 Å². The molecule has 0 bridgehead atoms. The molecular weight excluding hydrogens is 1740 g/mol. The van der Waals surface area contributed by atoms with Crippen molar-refractivity contribution in [3.63, 3.8) is 0 Å². The van der Waals surface area contributed by atoms with Crippen molar-refractivity contribution >= 4 is 93.6 Å². The molecular formula is C94H116Cl4N14O17. The van der Waals surface area contributed by atoms with E-state index in [0.29, 0.717) is 88.3 Å². The maximum absolute atomic E-state index is 11.9. The predicted molar refractivity (Wildman–Crippen MR) is 492 cm³/mol. The Morgan fingerprint density at radius 3 is 1.03 bits per heavy atom. The number of ether oxygens (including phenoxy) is 10. The summed E-state index contributed by atoms with van der Waals surface area (Å²) in [4.78, 5) is 125. The molecule has 6 aliphatic heterocycles. The highest BCUT2D eigenvalue weighted by Crippen LogP contribution is 2.40. The number of nitrogens with one attached hydrogen (secondary N) is 1. The monoisotopic (exact) mass is 1850 g/mol. The summed E-state index contributed by atoms with van der Waals surface area (Å²) in [5.74, 6) is 1.77. The third-order valence-electron chi connectivity index (χ3n) is 21.8. The van der Waals surface area contributed by atoms with Crippen LogP contribution in [0.4, 0.5) is 0 Å². The molecule has 8 aromatic rings. The summed E-state index contributed by atoms with van der Waals surface area (Å²) in [5.41, 5.74) is 12.4. The number of carbonyl (C=O) groups excluding carboxylic acids is 7. The molecule has 0 aliphatic carbocycles. The summed E-state index contributed by atoms with van der Waals surface area (Å²) >= 11 is 25.4. The van der Waals surface area contributed by atoms with Crippen molar-refractivity contribution in [2.75, 3.05) is 104 Å². The van der Waals surface area contributed by atoms with E-state index >= 15 is 0 Å².